The lowest BCUT2D eigenvalue weighted by Crippen LogP contribution is -2.51. The van der Waals surface area contributed by atoms with Crippen LogP contribution in [-0.2, 0) is 9.84 Å². The molecule has 0 saturated carbocycles. The summed E-state index contributed by atoms with van der Waals surface area (Å²) in [5.74, 6) is 1.67. The first-order valence-corrected chi connectivity index (χ1v) is 10.9. The van der Waals surface area contributed by atoms with Crippen LogP contribution in [0.4, 0.5) is 5.82 Å². The zero-order chi connectivity index (χ0) is 16.7. The van der Waals surface area contributed by atoms with Crippen LogP contribution in [0.5, 0.6) is 0 Å². The highest BCUT2D eigenvalue weighted by molar-refractivity contribution is 9.10. The Morgan fingerprint density at radius 3 is 2.58 bits per heavy atom. The van der Waals surface area contributed by atoms with E-state index in [-0.39, 0.29) is 6.04 Å². The Hall–Kier alpha value is -1.18. The molecular weight excluding hydrogens is 390 g/mol. The molecule has 0 radical (unpaired) electrons. The highest BCUT2D eigenvalue weighted by Gasteiger charge is 2.33. The summed E-state index contributed by atoms with van der Waals surface area (Å²) in [4.78, 5) is 9.43. The fourth-order valence-electron chi connectivity index (χ4n) is 3.66. The Bertz CT molecular complexity index is 863. The molecule has 7 heteroatoms. The topological polar surface area (TPSA) is 53.5 Å². The van der Waals surface area contributed by atoms with E-state index in [0.29, 0.717) is 11.5 Å². The van der Waals surface area contributed by atoms with Crippen molar-refractivity contribution < 1.29 is 8.42 Å². The molecule has 128 valence electrons. The van der Waals surface area contributed by atoms with Gasteiger partial charge in [-0.2, -0.15) is 0 Å². The smallest absolute Gasteiger partial charge is 0.151 e. The molecular formula is C17H20BrN3O2S. The number of fused-ring (bicyclic) bond motifs is 1. The van der Waals surface area contributed by atoms with Crippen LogP contribution in [0, 0.1) is 0 Å². The maximum Gasteiger partial charge on any atom is 0.151 e. The number of piperazine rings is 1. The average Bonchev–Trinajstić information content (AvgIpc) is 2.95. The van der Waals surface area contributed by atoms with E-state index in [9.17, 15) is 8.42 Å². The monoisotopic (exact) mass is 409 g/mol. The van der Waals surface area contributed by atoms with Crippen LogP contribution in [0.15, 0.2) is 34.8 Å². The minimum atomic E-state index is -2.81. The molecule has 0 spiro atoms. The predicted octanol–water partition coefficient (Wildman–Crippen LogP) is 2.31. The third-order valence-electron chi connectivity index (χ3n) is 5.02. The average molecular weight is 410 g/mol. The number of pyridine rings is 1. The molecule has 2 aliphatic rings. The normalized spacial score (nSPS) is 24.5. The third kappa shape index (κ3) is 3.17. The van der Waals surface area contributed by atoms with Gasteiger partial charge in [0, 0.05) is 42.1 Å². The third-order valence-corrected chi connectivity index (χ3v) is 7.41. The van der Waals surface area contributed by atoms with E-state index in [1.165, 1.54) is 0 Å². The van der Waals surface area contributed by atoms with Crippen LogP contribution in [-0.4, -0.2) is 62.0 Å². The quantitative estimate of drug-likeness (QED) is 0.761. The van der Waals surface area contributed by atoms with Crippen LogP contribution in [0.25, 0.3) is 10.9 Å². The summed E-state index contributed by atoms with van der Waals surface area (Å²) in [6, 6.07) is 10.5. The summed E-state index contributed by atoms with van der Waals surface area (Å²) in [5, 5.41) is 1.13. The molecule has 2 aliphatic heterocycles. The van der Waals surface area contributed by atoms with Crippen LogP contribution in [0.1, 0.15) is 6.42 Å². The van der Waals surface area contributed by atoms with Gasteiger partial charge in [0.25, 0.3) is 0 Å². The van der Waals surface area contributed by atoms with E-state index >= 15 is 0 Å². The van der Waals surface area contributed by atoms with Gasteiger partial charge in [0.05, 0.1) is 17.0 Å². The standard InChI is InChI=1S/C17H20BrN3O2S/c18-15-3-1-2-13-4-5-16(19-17(13)15)21-9-7-20(8-10-21)14-6-11-24(22,23)12-14/h1-5,14H,6-12H2. The summed E-state index contributed by atoms with van der Waals surface area (Å²) in [6.45, 7) is 3.57. The maximum atomic E-state index is 11.7. The van der Waals surface area contributed by atoms with Crippen molar-refractivity contribution in [2.45, 2.75) is 12.5 Å². The minimum Gasteiger partial charge on any atom is -0.354 e. The van der Waals surface area contributed by atoms with E-state index in [4.69, 9.17) is 4.98 Å². The zero-order valence-electron chi connectivity index (χ0n) is 13.4. The van der Waals surface area contributed by atoms with Crippen molar-refractivity contribution in [2.75, 3.05) is 42.6 Å². The van der Waals surface area contributed by atoms with E-state index < -0.39 is 9.84 Å². The molecule has 4 rings (SSSR count). The SMILES string of the molecule is O=S1(=O)CCC(N2CCN(c3ccc4cccc(Br)c4n3)CC2)C1. The van der Waals surface area contributed by atoms with Crippen molar-refractivity contribution in [3.8, 4) is 0 Å². The number of aromatic nitrogens is 1. The summed E-state index contributed by atoms with van der Waals surface area (Å²) in [6.07, 6.45) is 0.781. The largest absolute Gasteiger partial charge is 0.354 e. The van der Waals surface area contributed by atoms with Gasteiger partial charge in [-0.05, 0) is 40.5 Å². The molecule has 1 unspecified atom stereocenters. The van der Waals surface area contributed by atoms with Crippen LogP contribution in [0.2, 0.25) is 0 Å². The lowest BCUT2D eigenvalue weighted by Gasteiger charge is -2.38. The Morgan fingerprint density at radius 2 is 1.88 bits per heavy atom. The Labute approximate surface area is 150 Å². The number of nitrogens with zero attached hydrogens (tertiary/aromatic N) is 3. The summed E-state index contributed by atoms with van der Waals surface area (Å²) < 4.78 is 24.4. The Balaban J connectivity index is 1.47. The Kier molecular flexibility index (Phi) is 4.26. The van der Waals surface area contributed by atoms with E-state index in [1.807, 2.05) is 12.1 Å². The second-order valence-corrected chi connectivity index (χ2v) is 9.64. The second-order valence-electron chi connectivity index (χ2n) is 6.56. The molecule has 1 atom stereocenters. The van der Waals surface area contributed by atoms with Gasteiger partial charge >= 0.3 is 0 Å². The first-order chi connectivity index (χ1) is 11.5. The molecule has 1 aromatic carbocycles. The number of hydrogen-bond acceptors (Lipinski definition) is 5. The predicted molar refractivity (Wildman–Crippen MR) is 100 cm³/mol. The van der Waals surface area contributed by atoms with Crippen LogP contribution in [0.3, 0.4) is 0 Å². The molecule has 2 aromatic rings. The van der Waals surface area contributed by atoms with Gasteiger partial charge in [0.2, 0.25) is 0 Å². The molecule has 5 nitrogen and oxygen atoms in total. The molecule has 24 heavy (non-hydrogen) atoms. The van der Waals surface area contributed by atoms with Gasteiger partial charge in [-0.15, -0.1) is 0 Å². The van der Waals surface area contributed by atoms with Gasteiger partial charge < -0.3 is 4.90 Å². The Morgan fingerprint density at radius 1 is 1.08 bits per heavy atom. The highest BCUT2D eigenvalue weighted by atomic mass is 79.9. The summed E-state index contributed by atoms with van der Waals surface area (Å²) in [7, 11) is -2.81. The maximum absolute atomic E-state index is 11.7. The van der Waals surface area contributed by atoms with Gasteiger partial charge in [0.15, 0.2) is 9.84 Å². The number of hydrogen-bond donors (Lipinski definition) is 0. The van der Waals surface area contributed by atoms with Crippen LogP contribution < -0.4 is 4.90 Å². The van der Waals surface area contributed by atoms with Gasteiger partial charge in [-0.25, -0.2) is 13.4 Å². The zero-order valence-corrected chi connectivity index (χ0v) is 15.8. The second kappa shape index (κ2) is 6.28. The van der Waals surface area contributed by atoms with Gasteiger partial charge in [-0.1, -0.05) is 12.1 Å². The fraction of sp³-hybridized carbons (Fsp3) is 0.471. The first kappa shape index (κ1) is 16.3. The van der Waals surface area contributed by atoms with Crippen LogP contribution >= 0.6 is 15.9 Å². The summed E-state index contributed by atoms with van der Waals surface area (Å²) in [5.41, 5.74) is 0.985. The molecule has 2 saturated heterocycles. The van der Waals surface area contributed by atoms with Gasteiger partial charge in [-0.3, -0.25) is 4.90 Å². The molecule has 3 heterocycles. The first-order valence-electron chi connectivity index (χ1n) is 8.26. The van der Waals surface area contributed by atoms with Crippen molar-refractivity contribution in [3.63, 3.8) is 0 Å². The molecule has 2 fully saturated rings. The molecule has 0 bridgehead atoms. The van der Waals surface area contributed by atoms with Gasteiger partial charge in [0.1, 0.15) is 5.82 Å². The van der Waals surface area contributed by atoms with Crippen molar-refractivity contribution in [1.82, 2.24) is 9.88 Å². The number of sulfone groups is 1. The lowest BCUT2D eigenvalue weighted by molar-refractivity contribution is 0.200. The molecule has 0 aliphatic carbocycles. The number of anilines is 1. The number of rotatable bonds is 2. The fourth-order valence-corrected chi connectivity index (χ4v) is 5.89. The molecule has 0 amide bonds. The van der Waals surface area contributed by atoms with Crippen molar-refractivity contribution >= 4 is 42.5 Å². The number of benzene rings is 1. The number of para-hydroxylation sites is 1. The molecule has 0 N–H and O–H groups in total. The van der Waals surface area contributed by atoms with Crippen molar-refractivity contribution in [3.05, 3.63) is 34.8 Å². The highest BCUT2D eigenvalue weighted by Crippen LogP contribution is 2.26. The van der Waals surface area contributed by atoms with Crippen molar-refractivity contribution in [2.24, 2.45) is 0 Å². The summed E-state index contributed by atoms with van der Waals surface area (Å²) >= 11 is 3.57. The minimum absolute atomic E-state index is 0.204. The number of halogens is 1. The lowest BCUT2D eigenvalue weighted by atomic mass is 10.2. The molecule has 1 aromatic heterocycles. The van der Waals surface area contributed by atoms with E-state index in [2.05, 4.69) is 43.9 Å². The van der Waals surface area contributed by atoms with E-state index in [0.717, 1.165) is 53.8 Å². The van der Waals surface area contributed by atoms with E-state index in [1.54, 1.807) is 0 Å². The van der Waals surface area contributed by atoms with Crippen molar-refractivity contribution in [1.29, 1.82) is 0 Å².